The van der Waals surface area contributed by atoms with E-state index in [4.69, 9.17) is 14.2 Å². The Bertz CT molecular complexity index is 835. The minimum absolute atomic E-state index is 0.107. The first-order chi connectivity index (χ1) is 13.4. The number of Topliss-reactive ketones (excluding diaryl/α,β-unsaturated/α-hetero) is 1. The molecule has 6 heteroatoms. The van der Waals surface area contributed by atoms with E-state index in [0.717, 1.165) is 11.4 Å². The molecule has 0 N–H and O–H groups in total. The van der Waals surface area contributed by atoms with Crippen molar-refractivity contribution >= 4 is 11.8 Å². The predicted octanol–water partition coefficient (Wildman–Crippen LogP) is 3.92. The highest BCUT2D eigenvalue weighted by atomic mass is 16.5. The van der Waals surface area contributed by atoms with Crippen molar-refractivity contribution in [2.45, 2.75) is 26.8 Å². The van der Waals surface area contributed by atoms with Crippen LogP contribution in [0, 0.1) is 13.8 Å². The number of rotatable bonds is 10. The molecule has 0 saturated heterocycles. The SMILES string of the molecule is C=CCOc1ccc(C(=O)OCC(=O)c2cc(C)n(C(C)COC)c2C)cc1. The smallest absolute Gasteiger partial charge is 0.338 e. The van der Waals surface area contributed by atoms with E-state index in [1.165, 1.54) is 0 Å². The summed E-state index contributed by atoms with van der Waals surface area (Å²) in [7, 11) is 1.65. The standard InChI is InChI=1S/C22H27NO5/c1-6-11-27-19-9-7-18(8-10-19)22(25)28-14-21(24)20-12-15(2)23(17(20)4)16(3)13-26-5/h6-10,12,16H,1,11,13-14H2,2-5H3. The van der Waals surface area contributed by atoms with Crippen LogP contribution in [0.25, 0.3) is 0 Å². The molecule has 0 aliphatic carbocycles. The fourth-order valence-electron chi connectivity index (χ4n) is 3.19. The van der Waals surface area contributed by atoms with E-state index in [1.807, 2.05) is 26.8 Å². The van der Waals surface area contributed by atoms with Gasteiger partial charge in [-0.05, 0) is 51.1 Å². The number of carbonyl (C=O) groups is 2. The molecule has 0 saturated carbocycles. The number of ketones is 1. The molecule has 1 unspecified atom stereocenters. The molecule has 1 aromatic heterocycles. The zero-order chi connectivity index (χ0) is 20.7. The lowest BCUT2D eigenvalue weighted by Gasteiger charge is -2.17. The van der Waals surface area contributed by atoms with E-state index in [0.29, 0.717) is 30.1 Å². The minimum Gasteiger partial charge on any atom is -0.490 e. The summed E-state index contributed by atoms with van der Waals surface area (Å²) in [4.78, 5) is 24.8. The minimum atomic E-state index is -0.551. The van der Waals surface area contributed by atoms with Crippen molar-refractivity contribution in [3.8, 4) is 5.75 Å². The van der Waals surface area contributed by atoms with Gasteiger partial charge < -0.3 is 18.8 Å². The number of carbonyl (C=O) groups excluding carboxylic acids is 2. The Balaban J connectivity index is 2.01. The zero-order valence-electron chi connectivity index (χ0n) is 16.9. The van der Waals surface area contributed by atoms with Gasteiger partial charge in [-0.25, -0.2) is 4.79 Å². The molecule has 0 fully saturated rings. The van der Waals surface area contributed by atoms with Crippen molar-refractivity contribution in [2.24, 2.45) is 0 Å². The molecule has 150 valence electrons. The van der Waals surface area contributed by atoms with Crippen LogP contribution in [-0.2, 0) is 9.47 Å². The average Bonchev–Trinajstić information content (AvgIpc) is 2.99. The van der Waals surface area contributed by atoms with Gasteiger partial charge in [0.2, 0.25) is 5.78 Å². The first kappa shape index (κ1) is 21.4. The van der Waals surface area contributed by atoms with Crippen LogP contribution in [0.4, 0.5) is 0 Å². The monoisotopic (exact) mass is 385 g/mol. The third-order valence-electron chi connectivity index (χ3n) is 4.43. The zero-order valence-corrected chi connectivity index (χ0v) is 16.9. The van der Waals surface area contributed by atoms with E-state index in [-0.39, 0.29) is 18.4 Å². The summed E-state index contributed by atoms with van der Waals surface area (Å²) < 4.78 is 17.8. The van der Waals surface area contributed by atoms with Crippen molar-refractivity contribution in [3.63, 3.8) is 0 Å². The molecule has 0 aliphatic heterocycles. The molecule has 0 amide bonds. The Hall–Kier alpha value is -2.86. The predicted molar refractivity (Wildman–Crippen MR) is 107 cm³/mol. The second-order valence-corrected chi connectivity index (χ2v) is 6.58. The molecule has 1 heterocycles. The molecular formula is C22H27NO5. The first-order valence-electron chi connectivity index (χ1n) is 9.10. The van der Waals surface area contributed by atoms with Crippen molar-refractivity contribution < 1.29 is 23.8 Å². The average molecular weight is 385 g/mol. The molecule has 0 aliphatic rings. The molecule has 2 rings (SSSR count). The van der Waals surface area contributed by atoms with Gasteiger partial charge in [0.05, 0.1) is 18.2 Å². The number of methoxy groups -OCH3 is 1. The summed E-state index contributed by atoms with van der Waals surface area (Å²) in [6, 6.07) is 8.48. The molecule has 1 atom stereocenters. The fourth-order valence-corrected chi connectivity index (χ4v) is 3.19. The van der Waals surface area contributed by atoms with E-state index >= 15 is 0 Å². The first-order valence-corrected chi connectivity index (χ1v) is 9.10. The summed E-state index contributed by atoms with van der Waals surface area (Å²) in [6.45, 7) is 10.1. The number of hydrogen-bond donors (Lipinski definition) is 0. The second kappa shape index (κ2) is 9.90. The number of benzene rings is 1. The van der Waals surface area contributed by atoms with Crippen LogP contribution < -0.4 is 4.74 Å². The van der Waals surface area contributed by atoms with E-state index in [9.17, 15) is 9.59 Å². The lowest BCUT2D eigenvalue weighted by Crippen LogP contribution is -2.17. The maximum Gasteiger partial charge on any atom is 0.338 e. The normalized spacial score (nSPS) is 11.7. The Labute approximate surface area is 165 Å². The largest absolute Gasteiger partial charge is 0.490 e. The van der Waals surface area contributed by atoms with Gasteiger partial charge >= 0.3 is 5.97 Å². The number of esters is 1. The molecule has 1 aromatic carbocycles. The van der Waals surface area contributed by atoms with E-state index in [1.54, 1.807) is 37.5 Å². The summed E-state index contributed by atoms with van der Waals surface area (Å²) in [5.41, 5.74) is 2.72. The fraction of sp³-hybridized carbons (Fsp3) is 0.364. The van der Waals surface area contributed by atoms with Crippen molar-refractivity contribution in [1.82, 2.24) is 4.57 Å². The molecular weight excluding hydrogens is 358 g/mol. The van der Waals surface area contributed by atoms with Crippen molar-refractivity contribution in [3.05, 3.63) is 65.5 Å². The number of nitrogens with zero attached hydrogens (tertiary/aromatic N) is 1. The summed E-state index contributed by atoms with van der Waals surface area (Å²) in [5.74, 6) is -0.154. The highest BCUT2D eigenvalue weighted by Crippen LogP contribution is 2.21. The maximum absolute atomic E-state index is 12.6. The third kappa shape index (κ3) is 5.10. The Morgan fingerprint density at radius 2 is 1.89 bits per heavy atom. The topological polar surface area (TPSA) is 66.8 Å². The van der Waals surface area contributed by atoms with Gasteiger partial charge in [-0.15, -0.1) is 0 Å². The highest BCUT2D eigenvalue weighted by Gasteiger charge is 2.20. The van der Waals surface area contributed by atoms with Gasteiger partial charge in [0.25, 0.3) is 0 Å². The second-order valence-electron chi connectivity index (χ2n) is 6.58. The molecule has 28 heavy (non-hydrogen) atoms. The van der Waals surface area contributed by atoms with Gasteiger partial charge in [-0.2, -0.15) is 0 Å². The molecule has 2 aromatic rings. The van der Waals surface area contributed by atoms with Crippen LogP contribution in [0.2, 0.25) is 0 Å². The Morgan fingerprint density at radius 1 is 1.21 bits per heavy atom. The number of aryl methyl sites for hydroxylation is 1. The van der Waals surface area contributed by atoms with Gasteiger partial charge in [-0.3, -0.25) is 4.79 Å². The van der Waals surface area contributed by atoms with Gasteiger partial charge in [0.1, 0.15) is 12.4 Å². The summed E-state index contributed by atoms with van der Waals surface area (Å²) >= 11 is 0. The van der Waals surface area contributed by atoms with Crippen LogP contribution in [0.1, 0.15) is 45.1 Å². The van der Waals surface area contributed by atoms with Crippen LogP contribution in [0.3, 0.4) is 0 Å². The van der Waals surface area contributed by atoms with Crippen LogP contribution in [0.5, 0.6) is 5.75 Å². The number of aromatic nitrogens is 1. The lowest BCUT2D eigenvalue weighted by atomic mass is 10.1. The third-order valence-corrected chi connectivity index (χ3v) is 4.43. The van der Waals surface area contributed by atoms with Crippen LogP contribution in [-0.4, -0.2) is 43.3 Å². The summed E-state index contributed by atoms with van der Waals surface area (Å²) in [5, 5.41) is 0. The Morgan fingerprint density at radius 3 is 2.50 bits per heavy atom. The number of ether oxygens (including phenoxy) is 3. The van der Waals surface area contributed by atoms with Crippen molar-refractivity contribution in [2.75, 3.05) is 26.9 Å². The van der Waals surface area contributed by atoms with Gasteiger partial charge in [0, 0.05) is 24.1 Å². The molecule has 0 spiro atoms. The lowest BCUT2D eigenvalue weighted by molar-refractivity contribution is 0.0474. The summed E-state index contributed by atoms with van der Waals surface area (Å²) in [6.07, 6.45) is 1.64. The Kier molecular flexibility index (Phi) is 7.58. The van der Waals surface area contributed by atoms with E-state index < -0.39 is 5.97 Å². The molecule has 6 nitrogen and oxygen atoms in total. The van der Waals surface area contributed by atoms with Gasteiger partial charge in [-0.1, -0.05) is 12.7 Å². The van der Waals surface area contributed by atoms with E-state index in [2.05, 4.69) is 11.1 Å². The van der Waals surface area contributed by atoms with Crippen LogP contribution >= 0.6 is 0 Å². The van der Waals surface area contributed by atoms with Crippen molar-refractivity contribution in [1.29, 1.82) is 0 Å². The van der Waals surface area contributed by atoms with Crippen LogP contribution in [0.15, 0.2) is 43.0 Å². The molecule has 0 bridgehead atoms. The van der Waals surface area contributed by atoms with Gasteiger partial charge in [0.15, 0.2) is 6.61 Å². The maximum atomic E-state index is 12.6. The quantitative estimate of drug-likeness (QED) is 0.352. The number of hydrogen-bond acceptors (Lipinski definition) is 5. The molecule has 0 radical (unpaired) electrons. The highest BCUT2D eigenvalue weighted by molar-refractivity contribution is 6.00.